The standard InChI is InChI=1S/C15H19NO3.3C2H6/c1-2-6-15(7-3-1)18-11-5-4-10-17-12-8-14-9-13-19-16-14;3*1-2/h1-3,6-7,9,13H,4-5,8,10-12H2;3*1-2H3. The van der Waals surface area contributed by atoms with Gasteiger partial charge in [0.2, 0.25) is 0 Å². The Bertz CT molecular complexity index is 430. The molecule has 1 aromatic carbocycles. The molecule has 0 unspecified atom stereocenters. The van der Waals surface area contributed by atoms with Crippen LogP contribution in [0, 0.1) is 0 Å². The van der Waals surface area contributed by atoms with Gasteiger partial charge in [-0.15, -0.1) is 0 Å². The molecule has 0 aliphatic rings. The fourth-order valence-electron chi connectivity index (χ4n) is 1.66. The van der Waals surface area contributed by atoms with E-state index in [2.05, 4.69) is 5.16 Å². The molecular formula is C21H37NO3. The van der Waals surface area contributed by atoms with Crippen LogP contribution < -0.4 is 4.74 Å². The Hall–Kier alpha value is -1.81. The minimum absolute atomic E-state index is 0.687. The number of ether oxygens (including phenoxy) is 2. The molecule has 0 fully saturated rings. The van der Waals surface area contributed by atoms with E-state index in [-0.39, 0.29) is 0 Å². The second-order valence-electron chi connectivity index (χ2n) is 4.22. The molecule has 25 heavy (non-hydrogen) atoms. The molecule has 0 aliphatic heterocycles. The smallest absolute Gasteiger partial charge is 0.124 e. The van der Waals surface area contributed by atoms with Gasteiger partial charge in [0.05, 0.1) is 18.9 Å². The summed E-state index contributed by atoms with van der Waals surface area (Å²) in [6.07, 6.45) is 4.39. The first kappa shape index (κ1) is 25.4. The largest absolute Gasteiger partial charge is 0.494 e. The van der Waals surface area contributed by atoms with Crippen LogP contribution in [0.2, 0.25) is 0 Å². The molecule has 2 rings (SSSR count). The molecular weight excluding hydrogens is 314 g/mol. The van der Waals surface area contributed by atoms with Crippen molar-refractivity contribution in [3.8, 4) is 5.75 Å². The average molecular weight is 352 g/mol. The first-order chi connectivity index (χ1) is 12.4. The van der Waals surface area contributed by atoms with Gasteiger partial charge in [0, 0.05) is 19.1 Å². The molecule has 0 aliphatic carbocycles. The van der Waals surface area contributed by atoms with Crippen LogP contribution in [0.5, 0.6) is 5.75 Å². The van der Waals surface area contributed by atoms with Crippen LogP contribution in [0.3, 0.4) is 0 Å². The molecule has 0 atom stereocenters. The third-order valence-electron chi connectivity index (χ3n) is 2.69. The summed E-state index contributed by atoms with van der Waals surface area (Å²) >= 11 is 0. The van der Waals surface area contributed by atoms with Crippen molar-refractivity contribution in [2.75, 3.05) is 19.8 Å². The van der Waals surface area contributed by atoms with E-state index in [0.717, 1.165) is 43.9 Å². The molecule has 4 heteroatoms. The highest BCUT2D eigenvalue weighted by atomic mass is 16.5. The van der Waals surface area contributed by atoms with E-state index in [1.807, 2.05) is 77.9 Å². The van der Waals surface area contributed by atoms with Crippen molar-refractivity contribution in [1.29, 1.82) is 0 Å². The lowest BCUT2D eigenvalue weighted by molar-refractivity contribution is 0.128. The van der Waals surface area contributed by atoms with Crippen molar-refractivity contribution in [3.63, 3.8) is 0 Å². The first-order valence-electron chi connectivity index (χ1n) is 9.60. The molecule has 1 heterocycles. The third-order valence-corrected chi connectivity index (χ3v) is 2.69. The van der Waals surface area contributed by atoms with Gasteiger partial charge in [-0.1, -0.05) is 64.9 Å². The second-order valence-corrected chi connectivity index (χ2v) is 4.22. The molecule has 0 N–H and O–H groups in total. The maximum absolute atomic E-state index is 5.59. The maximum atomic E-state index is 5.59. The van der Waals surface area contributed by atoms with Crippen molar-refractivity contribution in [1.82, 2.24) is 5.16 Å². The summed E-state index contributed by atoms with van der Waals surface area (Å²) in [6, 6.07) is 11.7. The predicted molar refractivity (Wildman–Crippen MR) is 106 cm³/mol. The Morgan fingerprint density at radius 1 is 0.800 bits per heavy atom. The zero-order valence-electron chi connectivity index (χ0n) is 17.0. The number of aromatic nitrogens is 1. The highest BCUT2D eigenvalue weighted by Crippen LogP contribution is 2.08. The van der Waals surface area contributed by atoms with E-state index in [1.54, 1.807) is 6.26 Å². The minimum atomic E-state index is 0.687. The normalized spacial score (nSPS) is 8.72. The van der Waals surface area contributed by atoms with Crippen LogP contribution in [0.1, 0.15) is 60.1 Å². The van der Waals surface area contributed by atoms with Crippen LogP contribution in [0.4, 0.5) is 0 Å². The van der Waals surface area contributed by atoms with E-state index < -0.39 is 0 Å². The second kappa shape index (κ2) is 22.2. The molecule has 144 valence electrons. The highest BCUT2D eigenvalue weighted by Gasteiger charge is 1.97. The van der Waals surface area contributed by atoms with Gasteiger partial charge >= 0.3 is 0 Å². The van der Waals surface area contributed by atoms with Crippen molar-refractivity contribution in [2.45, 2.75) is 60.8 Å². The molecule has 2 aromatic rings. The van der Waals surface area contributed by atoms with Crippen LogP contribution in [0.25, 0.3) is 0 Å². The fourth-order valence-corrected chi connectivity index (χ4v) is 1.66. The van der Waals surface area contributed by atoms with E-state index in [0.29, 0.717) is 6.61 Å². The van der Waals surface area contributed by atoms with Gasteiger partial charge < -0.3 is 14.0 Å². The van der Waals surface area contributed by atoms with Gasteiger partial charge in [-0.25, -0.2) is 0 Å². The molecule has 0 bridgehead atoms. The Morgan fingerprint density at radius 2 is 1.44 bits per heavy atom. The Labute approximate surface area is 154 Å². The van der Waals surface area contributed by atoms with Gasteiger partial charge in [0.25, 0.3) is 0 Å². The van der Waals surface area contributed by atoms with Crippen LogP contribution in [0.15, 0.2) is 47.2 Å². The quantitative estimate of drug-likeness (QED) is 0.507. The maximum Gasteiger partial charge on any atom is 0.124 e. The number of para-hydroxylation sites is 1. The first-order valence-corrected chi connectivity index (χ1v) is 9.60. The summed E-state index contributed by atoms with van der Waals surface area (Å²) in [5.41, 5.74) is 0.937. The SMILES string of the molecule is CC.CC.CC.c1ccc(OCCCCOCCc2ccon2)cc1. The summed E-state index contributed by atoms with van der Waals surface area (Å²) in [7, 11) is 0. The molecule has 0 amide bonds. The van der Waals surface area contributed by atoms with Gasteiger partial charge in [-0.2, -0.15) is 0 Å². The monoisotopic (exact) mass is 351 g/mol. The lowest BCUT2D eigenvalue weighted by Crippen LogP contribution is -2.03. The number of hydrogen-bond acceptors (Lipinski definition) is 4. The Balaban J connectivity index is 0. The number of unbranched alkanes of at least 4 members (excludes halogenated alkanes) is 1. The summed E-state index contributed by atoms with van der Waals surface area (Å²) < 4.78 is 15.9. The summed E-state index contributed by atoms with van der Waals surface area (Å²) in [6.45, 7) is 14.2. The number of hydrogen-bond donors (Lipinski definition) is 0. The minimum Gasteiger partial charge on any atom is -0.494 e. The average Bonchev–Trinajstić information content (AvgIpc) is 3.23. The Kier molecular flexibility index (Phi) is 22.6. The van der Waals surface area contributed by atoms with Crippen LogP contribution in [-0.4, -0.2) is 25.0 Å². The zero-order chi connectivity index (χ0) is 19.2. The molecule has 4 nitrogen and oxygen atoms in total. The number of nitrogens with zero attached hydrogens (tertiary/aromatic N) is 1. The van der Waals surface area contributed by atoms with E-state index in [4.69, 9.17) is 14.0 Å². The van der Waals surface area contributed by atoms with Crippen LogP contribution >= 0.6 is 0 Å². The predicted octanol–water partition coefficient (Wildman–Crippen LogP) is 6.17. The van der Waals surface area contributed by atoms with Gasteiger partial charge in [0.1, 0.15) is 12.0 Å². The molecule has 1 aromatic heterocycles. The lowest BCUT2D eigenvalue weighted by atomic mass is 10.3. The van der Waals surface area contributed by atoms with E-state index in [1.165, 1.54) is 0 Å². The van der Waals surface area contributed by atoms with Crippen molar-refractivity contribution in [3.05, 3.63) is 48.4 Å². The van der Waals surface area contributed by atoms with Crippen molar-refractivity contribution in [2.24, 2.45) is 0 Å². The molecule has 0 radical (unpaired) electrons. The van der Waals surface area contributed by atoms with Gasteiger partial charge in [0.15, 0.2) is 0 Å². The van der Waals surface area contributed by atoms with Crippen molar-refractivity contribution >= 4 is 0 Å². The highest BCUT2D eigenvalue weighted by molar-refractivity contribution is 5.20. The summed E-state index contributed by atoms with van der Waals surface area (Å²) in [4.78, 5) is 0. The number of benzene rings is 1. The van der Waals surface area contributed by atoms with E-state index in [9.17, 15) is 0 Å². The van der Waals surface area contributed by atoms with Crippen LogP contribution in [-0.2, 0) is 11.2 Å². The molecule has 0 saturated carbocycles. The molecule has 0 saturated heterocycles. The lowest BCUT2D eigenvalue weighted by Gasteiger charge is -2.06. The molecule has 0 spiro atoms. The third kappa shape index (κ3) is 15.5. The van der Waals surface area contributed by atoms with Gasteiger partial charge in [-0.05, 0) is 25.0 Å². The van der Waals surface area contributed by atoms with Crippen molar-refractivity contribution < 1.29 is 14.0 Å². The fraction of sp³-hybridized carbons (Fsp3) is 0.571. The summed E-state index contributed by atoms with van der Waals surface area (Å²) in [5.74, 6) is 0.925. The number of rotatable bonds is 9. The summed E-state index contributed by atoms with van der Waals surface area (Å²) in [5, 5.41) is 3.82. The van der Waals surface area contributed by atoms with E-state index >= 15 is 0 Å². The zero-order valence-corrected chi connectivity index (χ0v) is 17.0. The van der Waals surface area contributed by atoms with Gasteiger partial charge in [-0.3, -0.25) is 0 Å². The topological polar surface area (TPSA) is 44.5 Å². The Morgan fingerprint density at radius 3 is 2.04 bits per heavy atom.